The van der Waals surface area contributed by atoms with Crippen molar-refractivity contribution < 1.29 is 24.3 Å². The van der Waals surface area contributed by atoms with Crippen molar-refractivity contribution in [3.05, 3.63) is 87.9 Å². The molecule has 0 radical (unpaired) electrons. The lowest BCUT2D eigenvalue weighted by Crippen LogP contribution is -2.54. The molecule has 2 aliphatic carbocycles. The van der Waals surface area contributed by atoms with Gasteiger partial charge in [0.05, 0.1) is 5.57 Å². The zero-order chi connectivity index (χ0) is 21.0. The lowest BCUT2D eigenvalue weighted by atomic mass is 9.75. The van der Waals surface area contributed by atoms with E-state index in [2.05, 4.69) is 10.3 Å². The van der Waals surface area contributed by atoms with E-state index in [0.29, 0.717) is 0 Å². The minimum Gasteiger partial charge on any atom is -0.507 e. The van der Waals surface area contributed by atoms with Crippen LogP contribution in [0.2, 0.25) is 0 Å². The Hall–Kier alpha value is -3.91. The molecule has 0 aliphatic heterocycles. The number of hydrogen-bond donors (Lipinski definition) is 2. The van der Waals surface area contributed by atoms with Crippen molar-refractivity contribution in [2.24, 2.45) is 0 Å². The summed E-state index contributed by atoms with van der Waals surface area (Å²) in [5.74, 6) is -4.02. The van der Waals surface area contributed by atoms with Crippen LogP contribution in [0.4, 0.5) is 5.13 Å². The molecule has 1 aromatic heterocycles. The van der Waals surface area contributed by atoms with E-state index in [0.717, 1.165) is 11.3 Å². The van der Waals surface area contributed by atoms with Crippen molar-refractivity contribution in [3.63, 3.8) is 0 Å². The van der Waals surface area contributed by atoms with Gasteiger partial charge in [-0.05, 0) is 0 Å². The number of aromatic nitrogens is 1. The molecule has 0 saturated heterocycles. The second-order valence-electron chi connectivity index (χ2n) is 6.84. The summed E-state index contributed by atoms with van der Waals surface area (Å²) in [5.41, 5.74) is -2.55. The molecule has 0 amide bonds. The highest BCUT2D eigenvalue weighted by molar-refractivity contribution is 7.13. The summed E-state index contributed by atoms with van der Waals surface area (Å²) < 4.78 is 0. The van der Waals surface area contributed by atoms with E-state index in [1.165, 1.54) is 30.5 Å². The predicted octanol–water partition coefficient (Wildman–Crippen LogP) is 3.11. The minimum absolute atomic E-state index is 0.0172. The van der Waals surface area contributed by atoms with Crippen LogP contribution in [0.15, 0.2) is 65.7 Å². The van der Waals surface area contributed by atoms with Crippen LogP contribution in [0, 0.1) is 0 Å². The number of nitrogens with zero attached hydrogens (tertiary/aromatic N) is 1. The Morgan fingerprint density at radius 2 is 1.37 bits per heavy atom. The Kier molecular flexibility index (Phi) is 3.81. The van der Waals surface area contributed by atoms with Crippen LogP contribution in [0.1, 0.15) is 36.6 Å². The molecule has 5 rings (SSSR count). The van der Waals surface area contributed by atoms with Crippen LogP contribution in [-0.4, -0.2) is 38.8 Å². The summed E-state index contributed by atoms with van der Waals surface area (Å²) >= 11 is 1.12. The van der Waals surface area contributed by atoms with Crippen LogP contribution < -0.4 is 5.32 Å². The molecule has 7 nitrogen and oxygen atoms in total. The molecule has 0 bridgehead atoms. The van der Waals surface area contributed by atoms with E-state index in [4.69, 9.17) is 0 Å². The topological polar surface area (TPSA) is 113 Å². The zero-order valence-corrected chi connectivity index (χ0v) is 16.0. The van der Waals surface area contributed by atoms with Crippen LogP contribution in [0.25, 0.3) is 5.76 Å². The molecule has 3 aromatic rings. The monoisotopic (exact) mass is 416 g/mol. The first-order chi connectivity index (χ1) is 14.5. The van der Waals surface area contributed by atoms with E-state index in [1.807, 2.05) is 0 Å². The number of thiazole rings is 1. The molecule has 0 unspecified atom stereocenters. The van der Waals surface area contributed by atoms with E-state index in [1.54, 1.807) is 29.6 Å². The highest BCUT2D eigenvalue weighted by atomic mass is 32.1. The van der Waals surface area contributed by atoms with E-state index in [9.17, 15) is 24.3 Å². The molecule has 30 heavy (non-hydrogen) atoms. The first-order valence-corrected chi connectivity index (χ1v) is 9.83. The quantitative estimate of drug-likeness (QED) is 0.498. The van der Waals surface area contributed by atoms with Crippen molar-refractivity contribution in [1.82, 2.24) is 4.98 Å². The highest BCUT2D eigenvalue weighted by Crippen LogP contribution is 2.43. The van der Waals surface area contributed by atoms with Gasteiger partial charge in [-0.3, -0.25) is 19.2 Å². The van der Waals surface area contributed by atoms with Gasteiger partial charge in [0.25, 0.3) is 0 Å². The molecule has 0 saturated carbocycles. The zero-order valence-electron chi connectivity index (χ0n) is 15.2. The number of ketones is 4. The second-order valence-corrected chi connectivity index (χ2v) is 7.74. The molecule has 8 heteroatoms. The fourth-order valence-corrected chi connectivity index (χ4v) is 4.53. The van der Waals surface area contributed by atoms with Crippen LogP contribution in [0.5, 0.6) is 0 Å². The summed E-state index contributed by atoms with van der Waals surface area (Å²) in [6, 6.07) is 12.2. The SMILES string of the molecule is O=C1C(=O)c2ccccc2C(O)=C1C1(Nc2nccs2)C(=O)c2ccccc2C1=O. The summed E-state index contributed by atoms with van der Waals surface area (Å²) in [6.45, 7) is 0. The summed E-state index contributed by atoms with van der Waals surface area (Å²) in [6.07, 6.45) is 1.47. The third-order valence-corrected chi connectivity index (χ3v) is 5.98. The number of carbonyl (C=O) groups is 4. The fourth-order valence-electron chi connectivity index (χ4n) is 3.95. The number of anilines is 1. The Morgan fingerprint density at radius 3 is 1.93 bits per heavy atom. The second kappa shape index (κ2) is 6.30. The fraction of sp³-hybridized carbons (Fsp3) is 0.0455. The van der Waals surface area contributed by atoms with Crippen LogP contribution in [0.3, 0.4) is 0 Å². The smallest absolute Gasteiger partial charge is 0.236 e. The van der Waals surface area contributed by atoms with Crippen molar-refractivity contribution in [2.75, 3.05) is 5.32 Å². The number of fused-ring (bicyclic) bond motifs is 2. The van der Waals surface area contributed by atoms with E-state index < -0.39 is 40.0 Å². The molecular weight excluding hydrogens is 404 g/mol. The number of carbonyl (C=O) groups excluding carboxylic acids is 4. The number of benzene rings is 2. The van der Waals surface area contributed by atoms with E-state index >= 15 is 0 Å². The standard InChI is InChI=1S/C22H12N2O5S/c25-16-11-5-1-2-6-12(11)17(26)18(27)15(16)22(24-21-23-9-10-30-21)19(28)13-7-3-4-8-14(13)20(22)29/h1-10,25H,(H,23,24). The first kappa shape index (κ1) is 18.1. The van der Waals surface area contributed by atoms with Gasteiger partial charge in [-0.25, -0.2) is 4.98 Å². The van der Waals surface area contributed by atoms with Crippen molar-refractivity contribution in [1.29, 1.82) is 0 Å². The van der Waals surface area contributed by atoms with Gasteiger partial charge in [0.1, 0.15) is 5.76 Å². The number of rotatable bonds is 3. The maximum absolute atomic E-state index is 13.5. The number of nitrogens with one attached hydrogen (secondary N) is 1. The van der Waals surface area contributed by atoms with Gasteiger partial charge >= 0.3 is 0 Å². The lowest BCUT2D eigenvalue weighted by molar-refractivity contribution is -0.112. The third-order valence-electron chi connectivity index (χ3n) is 5.30. The number of aliphatic hydroxyl groups excluding tert-OH is 1. The molecule has 0 spiro atoms. The molecule has 2 aliphatic rings. The molecule has 0 fully saturated rings. The van der Waals surface area contributed by atoms with E-state index in [-0.39, 0.29) is 27.4 Å². The van der Waals surface area contributed by atoms with Crippen LogP contribution >= 0.6 is 11.3 Å². The normalized spacial score (nSPS) is 17.2. The van der Waals surface area contributed by atoms with Gasteiger partial charge < -0.3 is 10.4 Å². The predicted molar refractivity (Wildman–Crippen MR) is 109 cm³/mol. The average molecular weight is 416 g/mol. The van der Waals surface area contributed by atoms with Gasteiger partial charge in [-0.15, -0.1) is 11.3 Å². The Labute approximate surface area is 173 Å². The summed E-state index contributed by atoms with van der Waals surface area (Å²) in [4.78, 5) is 57.1. The van der Waals surface area contributed by atoms with Crippen molar-refractivity contribution in [2.45, 2.75) is 5.54 Å². The number of aliphatic hydroxyl groups is 1. The molecule has 146 valence electrons. The molecule has 1 heterocycles. The average Bonchev–Trinajstić information content (AvgIpc) is 3.35. The number of hydrogen-bond acceptors (Lipinski definition) is 8. The van der Waals surface area contributed by atoms with Gasteiger partial charge in [-0.2, -0.15) is 0 Å². The van der Waals surface area contributed by atoms with Gasteiger partial charge in [0.2, 0.25) is 23.1 Å². The first-order valence-electron chi connectivity index (χ1n) is 8.95. The van der Waals surface area contributed by atoms with Gasteiger partial charge in [-0.1, -0.05) is 48.5 Å². The van der Waals surface area contributed by atoms with Crippen molar-refractivity contribution in [3.8, 4) is 0 Å². The summed E-state index contributed by atoms with van der Waals surface area (Å²) in [5, 5.41) is 15.6. The molecule has 0 atom stereocenters. The largest absolute Gasteiger partial charge is 0.507 e. The molecular formula is C22H12N2O5S. The number of Topliss-reactive ketones (excluding diaryl/α,β-unsaturated/α-hetero) is 4. The highest BCUT2D eigenvalue weighted by Gasteiger charge is 2.61. The summed E-state index contributed by atoms with van der Waals surface area (Å²) in [7, 11) is 0. The molecule has 2 aromatic carbocycles. The van der Waals surface area contributed by atoms with Gasteiger partial charge in [0, 0.05) is 33.8 Å². The Morgan fingerprint density at radius 1 is 0.800 bits per heavy atom. The minimum atomic E-state index is -2.29. The van der Waals surface area contributed by atoms with Gasteiger partial charge in [0.15, 0.2) is 10.7 Å². The van der Waals surface area contributed by atoms with Crippen molar-refractivity contribution >= 4 is 45.4 Å². The lowest BCUT2D eigenvalue weighted by Gasteiger charge is -2.31. The van der Waals surface area contributed by atoms with Crippen LogP contribution in [-0.2, 0) is 4.79 Å². The maximum Gasteiger partial charge on any atom is 0.236 e. The Bertz CT molecular complexity index is 1270. The molecule has 2 N–H and O–H groups in total. The third kappa shape index (κ3) is 2.22. The Balaban J connectivity index is 1.84. The maximum atomic E-state index is 13.5.